The molecule has 1 saturated heterocycles. The maximum atomic E-state index is 11.6. The van der Waals surface area contributed by atoms with Crippen molar-refractivity contribution in [3.8, 4) is 11.1 Å². The topological polar surface area (TPSA) is 140 Å². The maximum Gasteiger partial charge on any atom is 0.161 e. The smallest absolute Gasteiger partial charge is 0.161 e. The van der Waals surface area contributed by atoms with E-state index in [9.17, 15) is 30.3 Å². The Hall–Kier alpha value is -2.20. The summed E-state index contributed by atoms with van der Waals surface area (Å²) < 4.78 is 5.45. The zero-order valence-corrected chi connectivity index (χ0v) is 16.1. The maximum absolute atomic E-state index is 11.6. The molecule has 5 N–H and O–H groups in total. The minimum Gasteiger partial charge on any atom is -0.394 e. The molecule has 8 heteroatoms. The molecule has 0 amide bonds. The number of pyridine rings is 1. The highest BCUT2D eigenvalue weighted by molar-refractivity contribution is 5.94. The third-order valence-electron chi connectivity index (χ3n) is 5.31. The van der Waals surface area contributed by atoms with E-state index in [1.165, 1.54) is 13.1 Å². The number of benzene rings is 1. The van der Waals surface area contributed by atoms with Gasteiger partial charge in [0.1, 0.15) is 36.6 Å². The Labute approximate surface area is 168 Å². The van der Waals surface area contributed by atoms with E-state index in [1.54, 1.807) is 31.3 Å². The highest BCUT2D eigenvalue weighted by atomic mass is 16.6. The summed E-state index contributed by atoms with van der Waals surface area (Å²) in [4.78, 5) is 15.7. The Bertz CT molecular complexity index is 885. The van der Waals surface area contributed by atoms with Crippen molar-refractivity contribution in [2.45, 2.75) is 50.5 Å². The van der Waals surface area contributed by atoms with E-state index in [0.29, 0.717) is 16.7 Å². The molecule has 156 valence electrons. The second-order valence-corrected chi connectivity index (χ2v) is 7.33. The minimum absolute atomic E-state index is 0.0919. The molecule has 1 aromatic heterocycles. The quantitative estimate of drug-likeness (QED) is 0.444. The first-order valence-electron chi connectivity index (χ1n) is 9.30. The Balaban J connectivity index is 1.88. The van der Waals surface area contributed by atoms with Crippen molar-refractivity contribution in [3.63, 3.8) is 0 Å². The summed E-state index contributed by atoms with van der Waals surface area (Å²) in [5.74, 6) is -0.0919. The van der Waals surface area contributed by atoms with E-state index in [4.69, 9.17) is 4.74 Å². The van der Waals surface area contributed by atoms with Crippen LogP contribution in [-0.2, 0) is 4.74 Å². The van der Waals surface area contributed by atoms with Crippen LogP contribution in [0.2, 0.25) is 0 Å². The van der Waals surface area contributed by atoms with E-state index in [-0.39, 0.29) is 5.78 Å². The van der Waals surface area contributed by atoms with Gasteiger partial charge in [0.25, 0.3) is 0 Å². The lowest BCUT2D eigenvalue weighted by atomic mass is 9.88. The van der Waals surface area contributed by atoms with Gasteiger partial charge < -0.3 is 30.3 Å². The summed E-state index contributed by atoms with van der Waals surface area (Å²) in [5, 5.41) is 50.2. The molecular formula is C21H25NO7. The number of aliphatic hydroxyl groups excluding tert-OH is 5. The number of rotatable bonds is 5. The van der Waals surface area contributed by atoms with Crippen molar-refractivity contribution >= 4 is 5.78 Å². The van der Waals surface area contributed by atoms with Crippen molar-refractivity contribution in [1.82, 2.24) is 4.98 Å². The predicted molar refractivity (Wildman–Crippen MR) is 103 cm³/mol. The molecule has 1 aromatic carbocycles. The molecule has 0 bridgehead atoms. The Morgan fingerprint density at radius 3 is 2.45 bits per heavy atom. The molecule has 1 fully saturated rings. The second-order valence-electron chi connectivity index (χ2n) is 7.33. The van der Waals surface area contributed by atoms with Crippen LogP contribution in [0.15, 0.2) is 36.7 Å². The van der Waals surface area contributed by atoms with E-state index in [0.717, 1.165) is 11.1 Å². The van der Waals surface area contributed by atoms with Gasteiger partial charge in [0.2, 0.25) is 0 Å². The average Bonchev–Trinajstić information content (AvgIpc) is 2.72. The van der Waals surface area contributed by atoms with Crippen LogP contribution in [0.3, 0.4) is 0 Å². The van der Waals surface area contributed by atoms with Crippen molar-refractivity contribution < 1.29 is 35.1 Å². The second kappa shape index (κ2) is 8.66. The number of ether oxygens (including phenoxy) is 1. The number of Topliss-reactive ketones (excluding diaryl/α,β-unsaturated/α-hetero) is 1. The monoisotopic (exact) mass is 403 g/mol. The molecule has 29 heavy (non-hydrogen) atoms. The number of aryl methyl sites for hydroxylation is 1. The number of aliphatic hydroxyl groups is 5. The zero-order chi connectivity index (χ0) is 21.3. The van der Waals surface area contributed by atoms with Gasteiger partial charge in [0.05, 0.1) is 6.61 Å². The predicted octanol–water partition coefficient (Wildman–Crippen LogP) is 0.135. The third-order valence-corrected chi connectivity index (χ3v) is 5.31. The number of carbonyl (C=O) groups excluding carboxylic acids is 1. The Morgan fingerprint density at radius 2 is 1.83 bits per heavy atom. The normalized spacial score (nSPS) is 28.2. The summed E-state index contributed by atoms with van der Waals surface area (Å²) in [5.41, 5.74) is 3.19. The molecular weight excluding hydrogens is 378 g/mol. The van der Waals surface area contributed by atoms with Crippen molar-refractivity contribution in [2.24, 2.45) is 0 Å². The fraction of sp³-hybridized carbons (Fsp3) is 0.429. The van der Waals surface area contributed by atoms with Crippen LogP contribution in [0.1, 0.15) is 34.5 Å². The number of ketones is 1. The number of aromatic nitrogens is 1. The lowest BCUT2D eigenvalue weighted by molar-refractivity contribution is -0.250. The molecule has 0 saturated carbocycles. The van der Waals surface area contributed by atoms with Crippen LogP contribution in [-0.4, -0.2) is 73.4 Å². The molecule has 0 radical (unpaired) electrons. The largest absolute Gasteiger partial charge is 0.394 e. The summed E-state index contributed by atoms with van der Waals surface area (Å²) in [7, 11) is 0. The zero-order valence-electron chi connectivity index (χ0n) is 16.1. The lowest BCUT2D eigenvalue weighted by Gasteiger charge is -2.42. The highest BCUT2D eigenvalue weighted by Crippen LogP contribution is 2.33. The SMILES string of the molecule is CC(=O)c1cncc(-c2ccc([C@@H](O)[C@H]3OC(CO)[C@@H](O)[C@H](O)C3O)c(C)c2)c1. The molecule has 6 atom stereocenters. The first-order chi connectivity index (χ1) is 13.7. The van der Waals surface area contributed by atoms with Gasteiger partial charge in [-0.25, -0.2) is 0 Å². The van der Waals surface area contributed by atoms with Gasteiger partial charge in [-0.3, -0.25) is 9.78 Å². The van der Waals surface area contributed by atoms with Gasteiger partial charge in [0.15, 0.2) is 5.78 Å². The van der Waals surface area contributed by atoms with Crippen LogP contribution >= 0.6 is 0 Å². The van der Waals surface area contributed by atoms with Crippen molar-refractivity contribution in [3.05, 3.63) is 53.3 Å². The molecule has 8 nitrogen and oxygen atoms in total. The van der Waals surface area contributed by atoms with Crippen LogP contribution in [0.5, 0.6) is 0 Å². The number of hydrogen-bond acceptors (Lipinski definition) is 8. The van der Waals surface area contributed by atoms with E-state index in [1.807, 2.05) is 6.07 Å². The Morgan fingerprint density at radius 1 is 1.10 bits per heavy atom. The molecule has 0 spiro atoms. The average molecular weight is 403 g/mol. The van der Waals surface area contributed by atoms with Gasteiger partial charge in [-0.2, -0.15) is 0 Å². The fourth-order valence-corrected chi connectivity index (χ4v) is 3.55. The van der Waals surface area contributed by atoms with Crippen LogP contribution in [0.4, 0.5) is 0 Å². The standard InChI is InChI=1S/C21H25NO7/c1-10-5-12(14-6-13(11(2)24)7-22-8-14)3-4-15(10)17(25)21-20(28)19(27)18(26)16(9-23)29-21/h3-8,16-21,23,25-28H,9H2,1-2H3/t16?,17-,18-,19+,20?,21-/m1/s1. The van der Waals surface area contributed by atoms with Gasteiger partial charge in [-0.1, -0.05) is 18.2 Å². The van der Waals surface area contributed by atoms with Crippen LogP contribution in [0.25, 0.3) is 11.1 Å². The van der Waals surface area contributed by atoms with Gasteiger partial charge in [-0.05, 0) is 36.6 Å². The van der Waals surface area contributed by atoms with Crippen LogP contribution < -0.4 is 0 Å². The van der Waals surface area contributed by atoms with Crippen molar-refractivity contribution in [1.29, 1.82) is 0 Å². The van der Waals surface area contributed by atoms with E-state index >= 15 is 0 Å². The molecule has 3 rings (SSSR count). The van der Waals surface area contributed by atoms with E-state index in [2.05, 4.69) is 4.98 Å². The summed E-state index contributed by atoms with van der Waals surface area (Å²) in [6, 6.07) is 6.95. The van der Waals surface area contributed by atoms with Crippen molar-refractivity contribution in [2.75, 3.05) is 6.61 Å². The first kappa shape index (κ1) is 21.5. The molecule has 2 unspecified atom stereocenters. The molecule has 2 aromatic rings. The number of hydrogen-bond donors (Lipinski definition) is 5. The first-order valence-corrected chi connectivity index (χ1v) is 9.30. The highest BCUT2D eigenvalue weighted by Gasteiger charge is 2.46. The third kappa shape index (κ3) is 4.23. The molecule has 2 heterocycles. The summed E-state index contributed by atoms with van der Waals surface area (Å²) >= 11 is 0. The Kier molecular flexibility index (Phi) is 6.42. The molecule has 1 aliphatic rings. The van der Waals surface area contributed by atoms with Gasteiger partial charge in [-0.15, -0.1) is 0 Å². The number of nitrogens with zero attached hydrogens (tertiary/aromatic N) is 1. The molecule has 0 aliphatic carbocycles. The summed E-state index contributed by atoms with van der Waals surface area (Å²) in [6.07, 6.45) is -5.05. The lowest BCUT2D eigenvalue weighted by Crippen LogP contribution is -2.59. The fourth-order valence-electron chi connectivity index (χ4n) is 3.55. The summed E-state index contributed by atoms with van der Waals surface area (Å²) in [6.45, 7) is 2.67. The number of carbonyl (C=O) groups is 1. The minimum atomic E-state index is -1.56. The van der Waals surface area contributed by atoms with Gasteiger partial charge in [0, 0.05) is 23.5 Å². The van der Waals surface area contributed by atoms with Crippen LogP contribution in [0, 0.1) is 6.92 Å². The van der Waals surface area contributed by atoms with E-state index < -0.39 is 43.2 Å². The molecule has 1 aliphatic heterocycles. The van der Waals surface area contributed by atoms with Gasteiger partial charge >= 0.3 is 0 Å².